The second kappa shape index (κ2) is 5.80. The number of phenols is 1. The molecule has 0 saturated carbocycles. The molecule has 0 spiro atoms. The first-order valence-corrected chi connectivity index (χ1v) is 7.12. The second-order valence-electron chi connectivity index (χ2n) is 5.01. The van der Waals surface area contributed by atoms with Crippen molar-refractivity contribution < 1.29 is 5.11 Å². The summed E-state index contributed by atoms with van der Waals surface area (Å²) in [6.45, 7) is 2.15. The molecule has 1 N–H and O–H groups in total. The molecule has 1 heterocycles. The van der Waals surface area contributed by atoms with Gasteiger partial charge in [0.25, 0.3) is 0 Å². The van der Waals surface area contributed by atoms with Gasteiger partial charge in [-0.15, -0.1) is 0 Å². The number of phenolic OH excluding ortho intramolecular Hbond substituents is 1. The van der Waals surface area contributed by atoms with E-state index in [1.807, 2.05) is 36.4 Å². The van der Waals surface area contributed by atoms with E-state index in [0.29, 0.717) is 5.52 Å². The Balaban J connectivity index is 1.89. The van der Waals surface area contributed by atoms with E-state index >= 15 is 0 Å². The molecule has 0 amide bonds. The fraction of sp³-hybridized carbons (Fsp3) is 0.105. The molecule has 0 radical (unpaired) electrons. The van der Waals surface area contributed by atoms with E-state index < -0.39 is 0 Å². The molecule has 104 valence electrons. The van der Waals surface area contributed by atoms with Crippen LogP contribution in [0.3, 0.4) is 0 Å². The first kappa shape index (κ1) is 13.4. The lowest BCUT2D eigenvalue weighted by atomic mass is 10.1. The molecule has 1 aromatic heterocycles. The van der Waals surface area contributed by atoms with Crippen molar-refractivity contribution in [1.29, 1.82) is 0 Å². The molecule has 0 aliphatic carbocycles. The van der Waals surface area contributed by atoms with Crippen molar-refractivity contribution in [1.82, 2.24) is 4.98 Å². The normalized spacial score (nSPS) is 11.3. The Morgan fingerprint density at radius 2 is 1.76 bits per heavy atom. The van der Waals surface area contributed by atoms with Crippen LogP contribution >= 0.6 is 0 Å². The molecule has 3 rings (SSSR count). The lowest BCUT2D eigenvalue weighted by Crippen LogP contribution is -1.84. The van der Waals surface area contributed by atoms with E-state index in [4.69, 9.17) is 0 Å². The molecular weight excluding hydrogens is 258 g/mol. The van der Waals surface area contributed by atoms with Crippen LogP contribution in [-0.2, 0) is 6.42 Å². The van der Waals surface area contributed by atoms with Crippen LogP contribution in [0.2, 0.25) is 0 Å². The molecule has 0 fully saturated rings. The van der Waals surface area contributed by atoms with Crippen LogP contribution in [-0.4, -0.2) is 10.1 Å². The highest BCUT2D eigenvalue weighted by atomic mass is 16.3. The smallest absolute Gasteiger partial charge is 0.141 e. The summed E-state index contributed by atoms with van der Waals surface area (Å²) in [7, 11) is 0. The predicted molar refractivity (Wildman–Crippen MR) is 88.2 cm³/mol. The maximum Gasteiger partial charge on any atom is 0.141 e. The van der Waals surface area contributed by atoms with Gasteiger partial charge < -0.3 is 5.11 Å². The van der Waals surface area contributed by atoms with Crippen LogP contribution in [0.15, 0.2) is 54.6 Å². The quantitative estimate of drug-likeness (QED) is 0.753. The van der Waals surface area contributed by atoms with Crippen molar-refractivity contribution in [2.45, 2.75) is 13.3 Å². The SMILES string of the molecule is CCc1ccc(/C=C/c2ccc3cccc(O)c3n2)cc1. The first-order valence-electron chi connectivity index (χ1n) is 7.12. The minimum Gasteiger partial charge on any atom is -0.506 e. The van der Waals surface area contributed by atoms with Gasteiger partial charge in [-0.2, -0.15) is 0 Å². The number of aromatic hydroxyl groups is 1. The summed E-state index contributed by atoms with van der Waals surface area (Å²) < 4.78 is 0. The zero-order valence-corrected chi connectivity index (χ0v) is 12.0. The van der Waals surface area contributed by atoms with Crippen molar-refractivity contribution in [3.8, 4) is 5.75 Å². The zero-order valence-electron chi connectivity index (χ0n) is 12.0. The van der Waals surface area contributed by atoms with Gasteiger partial charge in [0, 0.05) is 5.39 Å². The van der Waals surface area contributed by atoms with Gasteiger partial charge in [0.15, 0.2) is 0 Å². The summed E-state index contributed by atoms with van der Waals surface area (Å²) >= 11 is 0. The van der Waals surface area contributed by atoms with Crippen molar-refractivity contribution >= 4 is 23.1 Å². The summed E-state index contributed by atoms with van der Waals surface area (Å²) in [5.74, 6) is 0.218. The first-order chi connectivity index (χ1) is 10.3. The Morgan fingerprint density at radius 1 is 0.952 bits per heavy atom. The third-order valence-corrected chi connectivity index (χ3v) is 3.56. The summed E-state index contributed by atoms with van der Waals surface area (Å²) in [4.78, 5) is 4.49. The van der Waals surface area contributed by atoms with Gasteiger partial charge in [0.2, 0.25) is 0 Å². The number of nitrogens with zero attached hydrogens (tertiary/aromatic N) is 1. The summed E-state index contributed by atoms with van der Waals surface area (Å²) in [5, 5.41) is 10.8. The topological polar surface area (TPSA) is 33.1 Å². The molecule has 0 aliphatic rings. The van der Waals surface area contributed by atoms with Gasteiger partial charge in [-0.3, -0.25) is 0 Å². The van der Waals surface area contributed by atoms with Crippen molar-refractivity contribution in [2.75, 3.05) is 0 Å². The molecule has 3 aromatic rings. The molecule has 0 aliphatic heterocycles. The number of aromatic nitrogens is 1. The van der Waals surface area contributed by atoms with Gasteiger partial charge in [-0.05, 0) is 35.8 Å². The maximum absolute atomic E-state index is 9.85. The van der Waals surface area contributed by atoms with E-state index in [-0.39, 0.29) is 5.75 Å². The minimum absolute atomic E-state index is 0.218. The van der Waals surface area contributed by atoms with E-state index in [1.54, 1.807) is 6.07 Å². The number of pyridine rings is 1. The Hall–Kier alpha value is -2.61. The fourth-order valence-corrected chi connectivity index (χ4v) is 2.29. The molecule has 2 aromatic carbocycles. The summed E-state index contributed by atoms with van der Waals surface area (Å²) in [6.07, 6.45) is 5.05. The highest BCUT2D eigenvalue weighted by Gasteiger charge is 2.00. The molecule has 2 heteroatoms. The van der Waals surface area contributed by atoms with Crippen molar-refractivity contribution in [2.24, 2.45) is 0 Å². The zero-order chi connectivity index (χ0) is 14.7. The van der Waals surface area contributed by atoms with Crippen LogP contribution in [0.4, 0.5) is 0 Å². The van der Waals surface area contributed by atoms with Crippen molar-refractivity contribution in [3.63, 3.8) is 0 Å². The Morgan fingerprint density at radius 3 is 2.52 bits per heavy atom. The van der Waals surface area contributed by atoms with Crippen LogP contribution in [0, 0.1) is 0 Å². The van der Waals surface area contributed by atoms with E-state index in [9.17, 15) is 5.11 Å². The molecular formula is C19H17NO. The number of aryl methyl sites for hydroxylation is 1. The number of para-hydroxylation sites is 1. The van der Waals surface area contributed by atoms with Gasteiger partial charge in [-0.25, -0.2) is 4.98 Å². The number of hydrogen-bond acceptors (Lipinski definition) is 2. The Labute approximate surface area is 124 Å². The third kappa shape index (κ3) is 2.95. The molecule has 0 unspecified atom stereocenters. The Bertz CT molecular complexity index is 788. The monoisotopic (exact) mass is 275 g/mol. The highest BCUT2D eigenvalue weighted by Crippen LogP contribution is 2.22. The van der Waals surface area contributed by atoms with E-state index in [2.05, 4.69) is 36.2 Å². The van der Waals surface area contributed by atoms with Crippen LogP contribution in [0.25, 0.3) is 23.1 Å². The fourth-order valence-electron chi connectivity index (χ4n) is 2.29. The van der Waals surface area contributed by atoms with Crippen molar-refractivity contribution in [3.05, 3.63) is 71.4 Å². The third-order valence-electron chi connectivity index (χ3n) is 3.56. The van der Waals surface area contributed by atoms with Crippen LogP contribution in [0.1, 0.15) is 23.7 Å². The average molecular weight is 275 g/mol. The number of benzene rings is 2. The second-order valence-corrected chi connectivity index (χ2v) is 5.01. The number of rotatable bonds is 3. The lowest BCUT2D eigenvalue weighted by molar-refractivity contribution is 0.480. The standard InChI is InChI=1S/C19H17NO/c1-2-14-6-8-15(9-7-14)10-12-17-13-11-16-4-3-5-18(21)19(16)20-17/h3-13,21H,2H2,1H3/b12-10+. The molecule has 0 atom stereocenters. The molecule has 0 bridgehead atoms. The van der Waals surface area contributed by atoms with Gasteiger partial charge in [0.1, 0.15) is 11.3 Å². The van der Waals surface area contributed by atoms with Gasteiger partial charge in [-0.1, -0.05) is 55.5 Å². The highest BCUT2D eigenvalue weighted by molar-refractivity contribution is 5.85. The molecule has 0 saturated heterocycles. The number of fused-ring (bicyclic) bond motifs is 1. The summed E-state index contributed by atoms with van der Waals surface area (Å²) in [6, 6.07) is 17.8. The summed E-state index contributed by atoms with van der Waals surface area (Å²) in [5.41, 5.74) is 3.96. The van der Waals surface area contributed by atoms with E-state index in [0.717, 1.165) is 23.1 Å². The molecule has 21 heavy (non-hydrogen) atoms. The maximum atomic E-state index is 9.85. The lowest BCUT2D eigenvalue weighted by Gasteiger charge is -2.01. The Kier molecular flexibility index (Phi) is 3.69. The largest absolute Gasteiger partial charge is 0.506 e. The average Bonchev–Trinajstić information content (AvgIpc) is 2.54. The van der Waals surface area contributed by atoms with E-state index in [1.165, 1.54) is 5.56 Å². The van der Waals surface area contributed by atoms with Crippen LogP contribution in [0.5, 0.6) is 5.75 Å². The number of hydrogen-bond donors (Lipinski definition) is 1. The predicted octanol–water partition coefficient (Wildman–Crippen LogP) is 4.67. The van der Waals surface area contributed by atoms with Gasteiger partial charge in [0.05, 0.1) is 5.69 Å². The van der Waals surface area contributed by atoms with Crippen LogP contribution < -0.4 is 0 Å². The van der Waals surface area contributed by atoms with Gasteiger partial charge >= 0.3 is 0 Å². The minimum atomic E-state index is 0.218. The molecule has 2 nitrogen and oxygen atoms in total.